The van der Waals surface area contributed by atoms with Gasteiger partial charge < -0.3 is 24.6 Å². The Morgan fingerprint density at radius 1 is 1.44 bits per heavy atom. The molecule has 5 nitrogen and oxygen atoms in total. The summed E-state index contributed by atoms with van der Waals surface area (Å²) in [5, 5.41) is 13.0. The van der Waals surface area contributed by atoms with E-state index < -0.39 is 6.10 Å². The zero-order valence-electron chi connectivity index (χ0n) is 11.6. The molecule has 108 valence electrons. The summed E-state index contributed by atoms with van der Waals surface area (Å²) in [5.74, 6) is 0.688. The topological polar surface area (TPSA) is 60.0 Å². The van der Waals surface area contributed by atoms with E-state index in [1.807, 2.05) is 6.92 Å². The third kappa shape index (κ3) is 7.28. The SMILES string of the molecule is COCC(C)OCC(O)CNCCC1CCOC1. The number of hydrogen-bond acceptors (Lipinski definition) is 5. The normalized spacial score (nSPS) is 23.2. The van der Waals surface area contributed by atoms with Crippen LogP contribution in [-0.2, 0) is 14.2 Å². The molecule has 0 saturated carbocycles. The number of aliphatic hydroxyl groups is 1. The van der Waals surface area contributed by atoms with Crippen LogP contribution >= 0.6 is 0 Å². The molecule has 3 atom stereocenters. The lowest BCUT2D eigenvalue weighted by atomic mass is 10.1. The number of nitrogens with one attached hydrogen (secondary N) is 1. The molecule has 1 rings (SSSR count). The second kappa shape index (κ2) is 9.69. The molecule has 0 aromatic heterocycles. The van der Waals surface area contributed by atoms with Gasteiger partial charge in [-0.05, 0) is 32.2 Å². The van der Waals surface area contributed by atoms with Crippen molar-refractivity contribution < 1.29 is 19.3 Å². The minimum atomic E-state index is -0.455. The van der Waals surface area contributed by atoms with Crippen molar-refractivity contribution >= 4 is 0 Å². The molecule has 0 aromatic carbocycles. The van der Waals surface area contributed by atoms with Crippen LogP contribution in [0.25, 0.3) is 0 Å². The molecule has 1 aliphatic rings. The van der Waals surface area contributed by atoms with Gasteiger partial charge in [-0.1, -0.05) is 0 Å². The first-order valence-electron chi connectivity index (χ1n) is 6.79. The summed E-state index contributed by atoms with van der Waals surface area (Å²) in [5.41, 5.74) is 0. The molecule has 2 N–H and O–H groups in total. The lowest BCUT2D eigenvalue weighted by molar-refractivity contribution is -0.0310. The van der Waals surface area contributed by atoms with Crippen molar-refractivity contribution in [3.05, 3.63) is 0 Å². The van der Waals surface area contributed by atoms with Crippen LogP contribution < -0.4 is 5.32 Å². The average molecular weight is 261 g/mol. The molecule has 3 unspecified atom stereocenters. The quantitative estimate of drug-likeness (QED) is 0.558. The van der Waals surface area contributed by atoms with Gasteiger partial charge >= 0.3 is 0 Å². The lowest BCUT2D eigenvalue weighted by Gasteiger charge is -2.16. The van der Waals surface area contributed by atoms with Crippen LogP contribution in [0.1, 0.15) is 19.8 Å². The second-order valence-electron chi connectivity index (χ2n) is 4.98. The number of aliphatic hydroxyl groups excluding tert-OH is 1. The molecule has 5 heteroatoms. The standard InChI is InChI=1S/C13H27NO4/c1-11(8-16-2)18-10-13(15)7-14-5-3-12-4-6-17-9-12/h11-15H,3-10H2,1-2H3. The highest BCUT2D eigenvalue weighted by molar-refractivity contribution is 4.66. The number of rotatable bonds is 10. The van der Waals surface area contributed by atoms with E-state index in [0.717, 1.165) is 26.2 Å². The first kappa shape index (κ1) is 15.9. The van der Waals surface area contributed by atoms with Crippen LogP contribution in [0.2, 0.25) is 0 Å². The minimum absolute atomic E-state index is 0.0280. The smallest absolute Gasteiger partial charge is 0.0897 e. The van der Waals surface area contributed by atoms with Gasteiger partial charge in [-0.2, -0.15) is 0 Å². The van der Waals surface area contributed by atoms with E-state index in [4.69, 9.17) is 14.2 Å². The maximum Gasteiger partial charge on any atom is 0.0897 e. The Morgan fingerprint density at radius 3 is 2.94 bits per heavy atom. The average Bonchev–Trinajstić information content (AvgIpc) is 2.85. The van der Waals surface area contributed by atoms with Gasteiger partial charge in [0.25, 0.3) is 0 Å². The Labute approximate surface area is 110 Å². The molecule has 0 aromatic rings. The fourth-order valence-electron chi connectivity index (χ4n) is 2.00. The summed E-state index contributed by atoms with van der Waals surface area (Å²) in [6.45, 7) is 6.14. The van der Waals surface area contributed by atoms with Gasteiger partial charge in [-0.15, -0.1) is 0 Å². The van der Waals surface area contributed by atoms with E-state index in [9.17, 15) is 5.11 Å². The fraction of sp³-hybridized carbons (Fsp3) is 1.00. The van der Waals surface area contributed by atoms with Crippen LogP contribution in [0.5, 0.6) is 0 Å². The molecule has 0 amide bonds. The van der Waals surface area contributed by atoms with E-state index in [1.54, 1.807) is 7.11 Å². The van der Waals surface area contributed by atoms with Crippen LogP contribution in [0.3, 0.4) is 0 Å². The van der Waals surface area contributed by atoms with Gasteiger partial charge in [0.1, 0.15) is 0 Å². The maximum absolute atomic E-state index is 9.71. The van der Waals surface area contributed by atoms with E-state index >= 15 is 0 Å². The molecule has 1 heterocycles. The Bertz CT molecular complexity index is 197. The molecule has 0 bridgehead atoms. The fourth-order valence-corrected chi connectivity index (χ4v) is 2.00. The van der Waals surface area contributed by atoms with Crippen molar-refractivity contribution in [3.8, 4) is 0 Å². The Kier molecular flexibility index (Phi) is 8.54. The summed E-state index contributed by atoms with van der Waals surface area (Å²) in [6, 6.07) is 0. The molecule has 1 fully saturated rings. The van der Waals surface area contributed by atoms with E-state index in [1.165, 1.54) is 6.42 Å². The van der Waals surface area contributed by atoms with Gasteiger partial charge in [0.05, 0.1) is 25.4 Å². The van der Waals surface area contributed by atoms with Crippen molar-refractivity contribution in [2.24, 2.45) is 5.92 Å². The highest BCUT2D eigenvalue weighted by Gasteiger charge is 2.15. The molecular formula is C13H27NO4. The highest BCUT2D eigenvalue weighted by Crippen LogP contribution is 2.14. The highest BCUT2D eigenvalue weighted by atomic mass is 16.5. The minimum Gasteiger partial charge on any atom is -0.389 e. The van der Waals surface area contributed by atoms with E-state index in [-0.39, 0.29) is 6.10 Å². The number of hydrogen-bond donors (Lipinski definition) is 2. The molecule has 0 spiro atoms. The largest absolute Gasteiger partial charge is 0.389 e. The molecular weight excluding hydrogens is 234 g/mol. The van der Waals surface area contributed by atoms with Gasteiger partial charge in [-0.25, -0.2) is 0 Å². The first-order chi connectivity index (χ1) is 8.72. The zero-order valence-corrected chi connectivity index (χ0v) is 11.6. The van der Waals surface area contributed by atoms with Crippen molar-refractivity contribution in [2.75, 3.05) is 46.6 Å². The molecule has 1 saturated heterocycles. The molecule has 0 aliphatic carbocycles. The molecule has 18 heavy (non-hydrogen) atoms. The summed E-state index contributed by atoms with van der Waals surface area (Å²) in [4.78, 5) is 0. The number of ether oxygens (including phenoxy) is 3. The second-order valence-corrected chi connectivity index (χ2v) is 4.98. The first-order valence-corrected chi connectivity index (χ1v) is 6.79. The van der Waals surface area contributed by atoms with Crippen LogP contribution in [0.4, 0.5) is 0 Å². The monoisotopic (exact) mass is 261 g/mol. The van der Waals surface area contributed by atoms with Crippen LogP contribution in [-0.4, -0.2) is 63.9 Å². The summed E-state index contributed by atoms with van der Waals surface area (Å²) < 4.78 is 15.7. The Morgan fingerprint density at radius 2 is 2.28 bits per heavy atom. The third-order valence-electron chi connectivity index (χ3n) is 3.11. The van der Waals surface area contributed by atoms with Gasteiger partial charge in [0.2, 0.25) is 0 Å². The van der Waals surface area contributed by atoms with Crippen molar-refractivity contribution in [1.29, 1.82) is 0 Å². The third-order valence-corrected chi connectivity index (χ3v) is 3.11. The van der Waals surface area contributed by atoms with Crippen molar-refractivity contribution in [3.63, 3.8) is 0 Å². The molecule has 0 radical (unpaired) electrons. The maximum atomic E-state index is 9.71. The van der Waals surface area contributed by atoms with Gasteiger partial charge in [0, 0.05) is 26.9 Å². The van der Waals surface area contributed by atoms with Gasteiger partial charge in [0.15, 0.2) is 0 Å². The Balaban J connectivity index is 1.91. The van der Waals surface area contributed by atoms with Gasteiger partial charge in [-0.3, -0.25) is 0 Å². The van der Waals surface area contributed by atoms with Crippen molar-refractivity contribution in [2.45, 2.75) is 32.0 Å². The molecule has 1 aliphatic heterocycles. The summed E-state index contributed by atoms with van der Waals surface area (Å²) in [6.07, 6.45) is 1.86. The number of methoxy groups -OCH3 is 1. The van der Waals surface area contributed by atoms with Crippen molar-refractivity contribution in [1.82, 2.24) is 5.32 Å². The van der Waals surface area contributed by atoms with Crippen LogP contribution in [0.15, 0.2) is 0 Å². The summed E-state index contributed by atoms with van der Waals surface area (Å²) in [7, 11) is 1.64. The van der Waals surface area contributed by atoms with E-state index in [0.29, 0.717) is 25.7 Å². The summed E-state index contributed by atoms with van der Waals surface area (Å²) >= 11 is 0. The van der Waals surface area contributed by atoms with Crippen LogP contribution in [0, 0.1) is 5.92 Å². The predicted octanol–water partition coefficient (Wildman–Crippen LogP) is 0.415. The lowest BCUT2D eigenvalue weighted by Crippen LogP contribution is -2.33. The van der Waals surface area contributed by atoms with E-state index in [2.05, 4.69) is 5.32 Å². The Hall–Kier alpha value is -0.200. The predicted molar refractivity (Wildman–Crippen MR) is 69.7 cm³/mol. The zero-order chi connectivity index (χ0) is 13.2.